The lowest BCUT2D eigenvalue weighted by Gasteiger charge is -2.40. The highest BCUT2D eigenvalue weighted by Crippen LogP contribution is 2.34. The number of benzene rings is 1. The van der Waals surface area contributed by atoms with Gasteiger partial charge in [0.2, 0.25) is 0 Å². The summed E-state index contributed by atoms with van der Waals surface area (Å²) in [5.41, 5.74) is 0.535. The average molecular weight is 309 g/mol. The van der Waals surface area contributed by atoms with E-state index in [4.69, 9.17) is 4.74 Å². The van der Waals surface area contributed by atoms with Gasteiger partial charge in [-0.2, -0.15) is 0 Å². The Hall–Kier alpha value is -0.970. The van der Waals surface area contributed by atoms with Crippen LogP contribution in [0.3, 0.4) is 0 Å². The zero-order chi connectivity index (χ0) is 16.2. The molecule has 2 rings (SSSR count). The molecule has 1 aliphatic carbocycles. The fourth-order valence-corrected chi connectivity index (χ4v) is 3.35. The van der Waals surface area contributed by atoms with E-state index >= 15 is 0 Å². The summed E-state index contributed by atoms with van der Waals surface area (Å²) in [6.07, 6.45) is 4.18. The van der Waals surface area contributed by atoms with Gasteiger partial charge in [0, 0.05) is 19.2 Å². The Morgan fingerprint density at radius 3 is 2.86 bits per heavy atom. The zero-order valence-electron chi connectivity index (χ0n) is 13.8. The molecule has 1 aromatic rings. The maximum atomic E-state index is 13.2. The van der Waals surface area contributed by atoms with Crippen molar-refractivity contribution >= 4 is 0 Å². The largest absolute Gasteiger partial charge is 0.387 e. The normalized spacial score (nSPS) is 24.2. The standard InChI is InChI=1S/C18H28FNO2/c1-18(2,14-7-5-9-16(11-14)22-3)20-12-17(21)13-6-4-8-15(19)10-13/h4,6,8,10,14,16-17,20-21H,5,7,9,11-12H2,1-3H3/t14-,16+,17+/m1/s1. The molecular formula is C18H28FNO2. The number of β-amino-alcohol motifs (C(OH)–C–C–N with tert-alkyl or cyclic N) is 1. The highest BCUT2D eigenvalue weighted by molar-refractivity contribution is 5.19. The van der Waals surface area contributed by atoms with Crippen LogP contribution in [0.4, 0.5) is 4.39 Å². The van der Waals surface area contributed by atoms with Gasteiger partial charge < -0.3 is 15.2 Å². The van der Waals surface area contributed by atoms with Crippen molar-refractivity contribution in [2.45, 2.75) is 57.3 Å². The number of hydrogen-bond acceptors (Lipinski definition) is 3. The molecule has 0 unspecified atom stereocenters. The summed E-state index contributed by atoms with van der Waals surface area (Å²) in [6.45, 7) is 4.77. The van der Waals surface area contributed by atoms with E-state index < -0.39 is 6.10 Å². The van der Waals surface area contributed by atoms with Crippen LogP contribution in [-0.4, -0.2) is 30.4 Å². The lowest BCUT2D eigenvalue weighted by atomic mass is 9.75. The van der Waals surface area contributed by atoms with E-state index in [2.05, 4.69) is 19.2 Å². The third-order valence-corrected chi connectivity index (χ3v) is 4.96. The second kappa shape index (κ2) is 7.53. The predicted molar refractivity (Wildman–Crippen MR) is 86.2 cm³/mol. The molecule has 3 atom stereocenters. The summed E-state index contributed by atoms with van der Waals surface area (Å²) < 4.78 is 18.7. The van der Waals surface area contributed by atoms with Crippen LogP contribution < -0.4 is 5.32 Å². The lowest BCUT2D eigenvalue weighted by molar-refractivity contribution is 0.0269. The molecule has 0 aliphatic heterocycles. The Labute approximate surface area is 132 Å². The molecule has 1 fully saturated rings. The minimum atomic E-state index is -0.697. The second-order valence-electron chi connectivity index (χ2n) is 6.89. The lowest BCUT2D eigenvalue weighted by Crippen LogP contribution is -2.49. The van der Waals surface area contributed by atoms with Crippen LogP contribution in [0.1, 0.15) is 51.2 Å². The van der Waals surface area contributed by atoms with Crippen molar-refractivity contribution in [1.82, 2.24) is 5.32 Å². The highest BCUT2D eigenvalue weighted by Gasteiger charge is 2.34. The fraction of sp³-hybridized carbons (Fsp3) is 0.667. The van der Waals surface area contributed by atoms with E-state index in [0.717, 1.165) is 12.8 Å². The van der Waals surface area contributed by atoms with Crippen LogP contribution in [0.2, 0.25) is 0 Å². The van der Waals surface area contributed by atoms with Crippen molar-refractivity contribution in [3.63, 3.8) is 0 Å². The minimum absolute atomic E-state index is 0.0779. The number of nitrogens with one attached hydrogen (secondary N) is 1. The van der Waals surface area contributed by atoms with E-state index in [-0.39, 0.29) is 11.4 Å². The summed E-state index contributed by atoms with van der Waals surface area (Å²) in [4.78, 5) is 0. The molecule has 1 aliphatic rings. The Kier molecular flexibility index (Phi) is 5.95. The Morgan fingerprint density at radius 2 is 2.18 bits per heavy atom. The second-order valence-corrected chi connectivity index (χ2v) is 6.89. The van der Waals surface area contributed by atoms with Crippen molar-refractivity contribution in [2.75, 3.05) is 13.7 Å². The smallest absolute Gasteiger partial charge is 0.123 e. The molecule has 124 valence electrons. The van der Waals surface area contributed by atoms with Gasteiger partial charge in [-0.15, -0.1) is 0 Å². The number of rotatable bonds is 6. The van der Waals surface area contributed by atoms with Gasteiger partial charge in [-0.3, -0.25) is 0 Å². The molecule has 0 radical (unpaired) electrons. The van der Waals surface area contributed by atoms with Crippen molar-refractivity contribution in [2.24, 2.45) is 5.92 Å². The molecule has 0 heterocycles. The first kappa shape index (κ1) is 17.4. The summed E-state index contributed by atoms with van der Waals surface area (Å²) in [7, 11) is 1.78. The van der Waals surface area contributed by atoms with E-state index in [1.807, 2.05) is 0 Å². The number of methoxy groups -OCH3 is 1. The number of hydrogen-bond donors (Lipinski definition) is 2. The topological polar surface area (TPSA) is 41.5 Å². The first-order chi connectivity index (χ1) is 10.4. The Morgan fingerprint density at radius 1 is 1.41 bits per heavy atom. The van der Waals surface area contributed by atoms with Gasteiger partial charge in [-0.1, -0.05) is 18.6 Å². The van der Waals surface area contributed by atoms with E-state index in [1.54, 1.807) is 19.2 Å². The van der Waals surface area contributed by atoms with E-state index in [0.29, 0.717) is 24.1 Å². The van der Waals surface area contributed by atoms with Gasteiger partial charge in [0.1, 0.15) is 5.82 Å². The molecule has 22 heavy (non-hydrogen) atoms. The first-order valence-corrected chi connectivity index (χ1v) is 8.13. The van der Waals surface area contributed by atoms with Crippen LogP contribution in [-0.2, 0) is 4.74 Å². The maximum Gasteiger partial charge on any atom is 0.123 e. The van der Waals surface area contributed by atoms with Crippen molar-refractivity contribution in [1.29, 1.82) is 0 Å². The molecule has 0 bridgehead atoms. The van der Waals surface area contributed by atoms with Crippen molar-refractivity contribution in [3.8, 4) is 0 Å². The SMILES string of the molecule is CO[C@H]1CCC[C@@H](C(C)(C)NC[C@H](O)c2cccc(F)c2)C1. The first-order valence-electron chi connectivity index (χ1n) is 8.13. The molecule has 3 nitrogen and oxygen atoms in total. The quantitative estimate of drug-likeness (QED) is 0.846. The fourth-order valence-electron chi connectivity index (χ4n) is 3.35. The molecule has 1 saturated carbocycles. The van der Waals surface area contributed by atoms with Gasteiger partial charge in [-0.25, -0.2) is 4.39 Å². The number of halogens is 1. The summed E-state index contributed by atoms with van der Waals surface area (Å²) in [5.74, 6) is 0.205. The van der Waals surface area contributed by atoms with Gasteiger partial charge in [0.15, 0.2) is 0 Å². The third-order valence-electron chi connectivity index (χ3n) is 4.96. The van der Waals surface area contributed by atoms with Crippen LogP contribution in [0.25, 0.3) is 0 Å². The van der Waals surface area contributed by atoms with Gasteiger partial charge >= 0.3 is 0 Å². The van der Waals surface area contributed by atoms with Crippen LogP contribution in [0.5, 0.6) is 0 Å². The molecule has 0 amide bonds. The molecule has 0 saturated heterocycles. The van der Waals surface area contributed by atoms with Crippen LogP contribution in [0, 0.1) is 11.7 Å². The highest BCUT2D eigenvalue weighted by atomic mass is 19.1. The van der Waals surface area contributed by atoms with E-state index in [1.165, 1.54) is 25.0 Å². The monoisotopic (exact) mass is 309 g/mol. The summed E-state index contributed by atoms with van der Waals surface area (Å²) in [6, 6.07) is 6.16. The molecular weight excluding hydrogens is 281 g/mol. The Bertz CT molecular complexity index is 478. The number of aliphatic hydroxyl groups is 1. The maximum absolute atomic E-state index is 13.2. The molecule has 2 N–H and O–H groups in total. The Balaban J connectivity index is 1.91. The molecule has 4 heteroatoms. The van der Waals surface area contributed by atoms with Gasteiger partial charge in [0.25, 0.3) is 0 Å². The van der Waals surface area contributed by atoms with Crippen molar-refractivity contribution < 1.29 is 14.2 Å². The average Bonchev–Trinajstić information content (AvgIpc) is 2.52. The summed E-state index contributed by atoms with van der Waals surface area (Å²) >= 11 is 0. The van der Waals surface area contributed by atoms with Crippen molar-refractivity contribution in [3.05, 3.63) is 35.6 Å². The third kappa shape index (κ3) is 4.51. The van der Waals surface area contributed by atoms with Gasteiger partial charge in [0.05, 0.1) is 12.2 Å². The van der Waals surface area contributed by atoms with E-state index in [9.17, 15) is 9.50 Å². The predicted octanol–water partition coefficient (Wildman–Crippen LogP) is 3.43. The molecule has 0 spiro atoms. The number of aliphatic hydroxyl groups excluding tert-OH is 1. The summed E-state index contributed by atoms with van der Waals surface area (Å²) in [5, 5.41) is 13.7. The minimum Gasteiger partial charge on any atom is -0.387 e. The van der Waals surface area contributed by atoms with Crippen LogP contribution >= 0.6 is 0 Å². The zero-order valence-corrected chi connectivity index (χ0v) is 13.8. The van der Waals surface area contributed by atoms with Crippen LogP contribution in [0.15, 0.2) is 24.3 Å². The van der Waals surface area contributed by atoms with Gasteiger partial charge in [-0.05, 0) is 56.7 Å². The molecule has 1 aromatic carbocycles. The number of ether oxygens (including phenoxy) is 1. The molecule has 0 aromatic heterocycles.